The van der Waals surface area contributed by atoms with Crippen molar-refractivity contribution in [1.29, 1.82) is 0 Å². The Labute approximate surface area is 113 Å². The van der Waals surface area contributed by atoms with Gasteiger partial charge in [0.25, 0.3) is 0 Å². The van der Waals surface area contributed by atoms with Crippen LogP contribution in [0.1, 0.15) is 36.5 Å². The number of hydrogen-bond donors (Lipinski definition) is 1. The molecular weight excluding hydrogens is 240 g/mol. The second kappa shape index (κ2) is 4.53. The number of carbonyl (C=O) groups excluding carboxylic acids is 1. The highest BCUT2D eigenvalue weighted by Gasteiger charge is 2.42. The minimum absolute atomic E-state index is 0.186. The Balaban J connectivity index is 1.86. The SMILES string of the molecule is CCN1CCC2(CC1)CC(=O)c1ccc(N)cc1O2. The lowest BCUT2D eigenvalue weighted by Crippen LogP contribution is -2.50. The van der Waals surface area contributed by atoms with Crippen molar-refractivity contribution in [2.24, 2.45) is 0 Å². The first kappa shape index (κ1) is 12.5. The predicted molar refractivity (Wildman–Crippen MR) is 74.5 cm³/mol. The van der Waals surface area contributed by atoms with Gasteiger partial charge in [0, 0.05) is 37.7 Å². The monoisotopic (exact) mass is 260 g/mol. The van der Waals surface area contributed by atoms with Crippen LogP contribution in [0.2, 0.25) is 0 Å². The van der Waals surface area contributed by atoms with Crippen molar-refractivity contribution in [2.75, 3.05) is 25.4 Å². The number of nitrogens with zero attached hydrogens (tertiary/aromatic N) is 1. The van der Waals surface area contributed by atoms with Crippen molar-refractivity contribution in [1.82, 2.24) is 4.90 Å². The highest BCUT2D eigenvalue weighted by Crippen LogP contribution is 2.39. The van der Waals surface area contributed by atoms with Gasteiger partial charge in [0.1, 0.15) is 11.4 Å². The molecule has 1 saturated heterocycles. The van der Waals surface area contributed by atoms with E-state index in [1.54, 1.807) is 18.2 Å². The van der Waals surface area contributed by atoms with E-state index in [0.717, 1.165) is 32.5 Å². The molecule has 19 heavy (non-hydrogen) atoms. The van der Waals surface area contributed by atoms with Gasteiger partial charge in [-0.2, -0.15) is 0 Å². The summed E-state index contributed by atoms with van der Waals surface area (Å²) in [4.78, 5) is 14.7. The number of nitrogen functional groups attached to an aromatic ring is 1. The average Bonchev–Trinajstić information content (AvgIpc) is 2.39. The zero-order valence-electron chi connectivity index (χ0n) is 11.3. The van der Waals surface area contributed by atoms with Crippen molar-refractivity contribution in [3.63, 3.8) is 0 Å². The number of likely N-dealkylation sites (tertiary alicyclic amines) is 1. The first-order valence-electron chi connectivity index (χ1n) is 6.96. The van der Waals surface area contributed by atoms with E-state index in [4.69, 9.17) is 10.5 Å². The number of anilines is 1. The van der Waals surface area contributed by atoms with Crippen molar-refractivity contribution in [3.05, 3.63) is 23.8 Å². The third-order valence-corrected chi connectivity index (χ3v) is 4.33. The van der Waals surface area contributed by atoms with E-state index in [0.29, 0.717) is 23.4 Å². The van der Waals surface area contributed by atoms with Gasteiger partial charge in [-0.3, -0.25) is 4.79 Å². The quantitative estimate of drug-likeness (QED) is 0.786. The molecule has 2 aliphatic rings. The van der Waals surface area contributed by atoms with Crippen LogP contribution in [0.3, 0.4) is 0 Å². The van der Waals surface area contributed by atoms with Gasteiger partial charge in [-0.1, -0.05) is 6.92 Å². The highest BCUT2D eigenvalue weighted by atomic mass is 16.5. The van der Waals surface area contributed by atoms with Gasteiger partial charge >= 0.3 is 0 Å². The maximum absolute atomic E-state index is 12.3. The van der Waals surface area contributed by atoms with Gasteiger partial charge in [0.2, 0.25) is 0 Å². The number of ether oxygens (including phenoxy) is 1. The third-order valence-electron chi connectivity index (χ3n) is 4.33. The summed E-state index contributed by atoms with van der Waals surface area (Å²) in [6.07, 6.45) is 2.34. The zero-order valence-corrected chi connectivity index (χ0v) is 11.3. The lowest BCUT2D eigenvalue weighted by atomic mass is 9.82. The first-order chi connectivity index (χ1) is 9.12. The van der Waals surface area contributed by atoms with Gasteiger partial charge in [-0.05, 0) is 18.7 Å². The number of rotatable bonds is 1. The number of ketones is 1. The largest absolute Gasteiger partial charge is 0.486 e. The van der Waals surface area contributed by atoms with Crippen LogP contribution in [-0.4, -0.2) is 35.9 Å². The Morgan fingerprint density at radius 3 is 2.79 bits per heavy atom. The van der Waals surface area contributed by atoms with E-state index in [9.17, 15) is 4.79 Å². The van der Waals surface area contributed by atoms with Gasteiger partial charge in [0.15, 0.2) is 5.78 Å². The summed E-state index contributed by atoms with van der Waals surface area (Å²) < 4.78 is 6.18. The fourth-order valence-corrected chi connectivity index (χ4v) is 3.07. The van der Waals surface area contributed by atoms with Crippen molar-refractivity contribution in [3.8, 4) is 5.75 Å². The molecule has 0 aromatic heterocycles. The molecule has 4 nitrogen and oxygen atoms in total. The number of Topliss-reactive ketones (excluding diaryl/α,β-unsaturated/α-hetero) is 1. The molecule has 2 heterocycles. The Kier molecular flexibility index (Phi) is 2.97. The molecule has 0 radical (unpaired) electrons. The van der Waals surface area contributed by atoms with Crippen LogP contribution in [0.25, 0.3) is 0 Å². The van der Waals surface area contributed by atoms with E-state index in [1.807, 2.05) is 0 Å². The van der Waals surface area contributed by atoms with Crippen LogP contribution in [0.5, 0.6) is 5.75 Å². The lowest BCUT2D eigenvalue weighted by Gasteiger charge is -2.43. The molecule has 4 heteroatoms. The fourth-order valence-electron chi connectivity index (χ4n) is 3.07. The molecule has 2 N–H and O–H groups in total. The van der Waals surface area contributed by atoms with E-state index < -0.39 is 0 Å². The molecule has 0 amide bonds. The third kappa shape index (κ3) is 2.21. The minimum atomic E-state index is -0.302. The second-order valence-electron chi connectivity index (χ2n) is 5.57. The molecule has 3 rings (SSSR count). The molecule has 102 valence electrons. The zero-order chi connectivity index (χ0) is 13.5. The fraction of sp³-hybridized carbons (Fsp3) is 0.533. The molecule has 2 aliphatic heterocycles. The predicted octanol–water partition coefficient (Wildman–Crippen LogP) is 2.09. The van der Waals surface area contributed by atoms with Crippen LogP contribution in [0.15, 0.2) is 18.2 Å². The number of piperidine rings is 1. The molecule has 0 saturated carbocycles. The van der Waals surface area contributed by atoms with Crippen LogP contribution in [0.4, 0.5) is 5.69 Å². The molecule has 1 aromatic carbocycles. The number of hydrogen-bond acceptors (Lipinski definition) is 4. The normalized spacial score (nSPS) is 22.1. The van der Waals surface area contributed by atoms with Gasteiger partial charge in [0.05, 0.1) is 12.0 Å². The van der Waals surface area contributed by atoms with Crippen LogP contribution in [0, 0.1) is 0 Å². The number of benzene rings is 1. The first-order valence-corrected chi connectivity index (χ1v) is 6.96. The number of fused-ring (bicyclic) bond motifs is 1. The van der Waals surface area contributed by atoms with Crippen LogP contribution in [-0.2, 0) is 0 Å². The number of nitrogens with two attached hydrogens (primary N) is 1. The summed E-state index contributed by atoms with van der Waals surface area (Å²) in [5.74, 6) is 0.854. The van der Waals surface area contributed by atoms with Crippen LogP contribution < -0.4 is 10.5 Å². The summed E-state index contributed by atoms with van der Waals surface area (Å²) >= 11 is 0. The Morgan fingerprint density at radius 2 is 2.11 bits per heavy atom. The maximum Gasteiger partial charge on any atom is 0.170 e. The minimum Gasteiger partial charge on any atom is -0.486 e. The Hall–Kier alpha value is -1.55. The van der Waals surface area contributed by atoms with Crippen molar-refractivity contribution >= 4 is 11.5 Å². The van der Waals surface area contributed by atoms with E-state index in [2.05, 4.69) is 11.8 Å². The van der Waals surface area contributed by atoms with Crippen LogP contribution >= 0.6 is 0 Å². The lowest BCUT2D eigenvalue weighted by molar-refractivity contribution is -0.00774. The second-order valence-corrected chi connectivity index (χ2v) is 5.57. The van der Waals surface area contributed by atoms with Gasteiger partial charge in [-0.15, -0.1) is 0 Å². The summed E-state index contributed by atoms with van der Waals surface area (Å²) in [6.45, 7) is 5.23. The smallest absolute Gasteiger partial charge is 0.170 e. The number of carbonyl (C=O) groups is 1. The van der Waals surface area contributed by atoms with E-state index in [1.165, 1.54) is 0 Å². The molecule has 1 spiro atoms. The summed E-state index contributed by atoms with van der Waals surface area (Å²) in [5.41, 5.74) is 6.81. The van der Waals surface area contributed by atoms with Gasteiger partial charge in [-0.25, -0.2) is 0 Å². The molecule has 1 aromatic rings. The molecule has 0 unspecified atom stereocenters. The summed E-state index contributed by atoms with van der Waals surface area (Å²) in [6, 6.07) is 5.32. The van der Waals surface area contributed by atoms with Crippen molar-refractivity contribution in [2.45, 2.75) is 31.8 Å². The van der Waals surface area contributed by atoms with Gasteiger partial charge < -0.3 is 15.4 Å². The molecule has 0 aliphatic carbocycles. The Bertz CT molecular complexity index is 505. The van der Waals surface area contributed by atoms with Crippen molar-refractivity contribution < 1.29 is 9.53 Å². The van der Waals surface area contributed by atoms with E-state index in [-0.39, 0.29) is 11.4 Å². The van der Waals surface area contributed by atoms with E-state index >= 15 is 0 Å². The molecule has 0 atom stereocenters. The summed E-state index contributed by atoms with van der Waals surface area (Å²) in [7, 11) is 0. The maximum atomic E-state index is 12.3. The Morgan fingerprint density at radius 1 is 1.37 bits per heavy atom. The average molecular weight is 260 g/mol. The topological polar surface area (TPSA) is 55.6 Å². The molecular formula is C15H20N2O2. The molecule has 1 fully saturated rings. The summed E-state index contributed by atoms with van der Waals surface area (Å²) in [5, 5.41) is 0. The molecule has 0 bridgehead atoms. The highest BCUT2D eigenvalue weighted by molar-refractivity contribution is 6.00. The standard InChI is InChI=1S/C15H20N2O2/c1-2-17-7-5-15(6-8-17)10-13(18)12-4-3-11(16)9-14(12)19-15/h3-4,9H,2,5-8,10,16H2,1H3.